The van der Waals surface area contributed by atoms with E-state index in [1.165, 1.54) is 71.0 Å². The van der Waals surface area contributed by atoms with Crippen molar-refractivity contribution in [1.29, 1.82) is 0 Å². The summed E-state index contributed by atoms with van der Waals surface area (Å²) in [5.41, 5.74) is 0.918. The van der Waals surface area contributed by atoms with E-state index >= 15 is 0 Å². The normalized spacial score (nSPS) is 27.9. The first-order chi connectivity index (χ1) is 9.44. The highest BCUT2D eigenvalue weighted by Gasteiger charge is 2.39. The van der Waals surface area contributed by atoms with E-state index in [1.807, 2.05) is 0 Å². The van der Waals surface area contributed by atoms with Crippen molar-refractivity contribution in [3.63, 3.8) is 0 Å². The van der Waals surface area contributed by atoms with Crippen LogP contribution >= 0.6 is 0 Å². The van der Waals surface area contributed by atoms with Gasteiger partial charge in [0, 0.05) is 24.7 Å². The minimum Gasteiger partial charge on any atom is -0.308 e. The molecule has 20 heavy (non-hydrogen) atoms. The monoisotopic (exact) mass is 280 g/mol. The topological polar surface area (TPSA) is 15.3 Å². The Balaban J connectivity index is 1.97. The smallest absolute Gasteiger partial charge is 0.0309 e. The molecule has 2 aliphatic rings. The Morgan fingerprint density at radius 2 is 1.85 bits per heavy atom. The lowest BCUT2D eigenvalue weighted by atomic mass is 9.79. The lowest BCUT2D eigenvalue weighted by Gasteiger charge is -2.50. The zero-order valence-electron chi connectivity index (χ0n) is 14.3. The molecule has 1 spiro atoms. The molecular formula is C18H36N2. The van der Waals surface area contributed by atoms with Crippen LogP contribution in [-0.2, 0) is 0 Å². The fraction of sp³-hybridized carbons (Fsp3) is 1.00. The van der Waals surface area contributed by atoms with Crippen molar-refractivity contribution in [3.05, 3.63) is 0 Å². The quantitative estimate of drug-likeness (QED) is 0.830. The second-order valence-electron chi connectivity index (χ2n) is 8.45. The third-order valence-electron chi connectivity index (χ3n) is 5.32. The van der Waals surface area contributed by atoms with Gasteiger partial charge in [0.1, 0.15) is 0 Å². The van der Waals surface area contributed by atoms with E-state index in [0.29, 0.717) is 11.0 Å². The van der Waals surface area contributed by atoms with Crippen LogP contribution in [-0.4, -0.2) is 36.1 Å². The summed E-state index contributed by atoms with van der Waals surface area (Å²) in [5.74, 6) is 0. The number of rotatable bonds is 4. The number of hydrogen-bond acceptors (Lipinski definition) is 2. The first-order valence-electron chi connectivity index (χ1n) is 8.93. The second-order valence-corrected chi connectivity index (χ2v) is 8.45. The summed E-state index contributed by atoms with van der Waals surface area (Å²) in [6, 6.07) is 0.773. The van der Waals surface area contributed by atoms with Gasteiger partial charge in [0.25, 0.3) is 0 Å². The van der Waals surface area contributed by atoms with Gasteiger partial charge in [-0.15, -0.1) is 0 Å². The molecular weight excluding hydrogens is 244 g/mol. The molecule has 1 N–H and O–H groups in total. The molecule has 1 aliphatic heterocycles. The lowest BCUT2D eigenvalue weighted by Crippen LogP contribution is -2.64. The van der Waals surface area contributed by atoms with Crippen LogP contribution in [0.3, 0.4) is 0 Å². The molecule has 2 nitrogen and oxygen atoms in total. The Morgan fingerprint density at radius 1 is 1.15 bits per heavy atom. The molecule has 2 heteroatoms. The maximum absolute atomic E-state index is 3.95. The summed E-state index contributed by atoms with van der Waals surface area (Å²) in [7, 11) is 0. The van der Waals surface area contributed by atoms with Crippen molar-refractivity contribution in [3.8, 4) is 0 Å². The average Bonchev–Trinajstić information content (AvgIpc) is 2.40. The maximum atomic E-state index is 3.95. The van der Waals surface area contributed by atoms with Crippen molar-refractivity contribution < 1.29 is 0 Å². The van der Waals surface area contributed by atoms with Crippen LogP contribution in [0.1, 0.15) is 79.1 Å². The van der Waals surface area contributed by atoms with Crippen LogP contribution < -0.4 is 5.32 Å². The summed E-state index contributed by atoms with van der Waals surface area (Å²) in [6.07, 6.45) is 11.1. The second kappa shape index (κ2) is 6.79. The lowest BCUT2D eigenvalue weighted by molar-refractivity contribution is 0.0445. The number of piperazine rings is 1. The third kappa shape index (κ3) is 4.46. The molecule has 1 aliphatic carbocycles. The molecule has 0 aromatic carbocycles. The fourth-order valence-corrected chi connectivity index (χ4v) is 3.96. The van der Waals surface area contributed by atoms with Crippen LogP contribution in [0.2, 0.25) is 0 Å². The first kappa shape index (κ1) is 16.3. The maximum Gasteiger partial charge on any atom is 0.0309 e. The molecule has 2 rings (SSSR count). The highest BCUT2D eigenvalue weighted by Crippen LogP contribution is 2.33. The van der Waals surface area contributed by atoms with Gasteiger partial charge >= 0.3 is 0 Å². The van der Waals surface area contributed by atoms with E-state index in [9.17, 15) is 0 Å². The molecule has 1 heterocycles. The Bertz CT molecular complexity index is 286. The summed E-state index contributed by atoms with van der Waals surface area (Å²) in [5, 5.41) is 3.95. The van der Waals surface area contributed by atoms with Crippen molar-refractivity contribution in [2.24, 2.45) is 5.41 Å². The minimum atomic E-state index is 0.459. The molecule has 0 aromatic rings. The van der Waals surface area contributed by atoms with Gasteiger partial charge in [-0.2, -0.15) is 0 Å². The summed E-state index contributed by atoms with van der Waals surface area (Å²) in [4.78, 5) is 2.83. The molecule has 1 atom stereocenters. The SMILES string of the molecule is CCCC1CNC2(CCCCC2)CN1CCC(C)(C)C. The molecule has 0 bridgehead atoms. The van der Waals surface area contributed by atoms with E-state index in [0.717, 1.165) is 6.04 Å². The Hall–Kier alpha value is -0.0800. The molecule has 1 saturated carbocycles. The molecule has 118 valence electrons. The largest absolute Gasteiger partial charge is 0.308 e. The molecule has 0 aromatic heterocycles. The van der Waals surface area contributed by atoms with Gasteiger partial charge in [-0.3, -0.25) is 4.90 Å². The third-order valence-corrected chi connectivity index (χ3v) is 5.32. The standard InChI is InChI=1S/C18H36N2/c1-5-9-16-14-19-18(10-7-6-8-11-18)15-20(16)13-12-17(2,3)4/h16,19H,5-15H2,1-4H3. The van der Waals surface area contributed by atoms with Gasteiger partial charge in [-0.1, -0.05) is 53.4 Å². The first-order valence-corrected chi connectivity index (χ1v) is 8.93. The zero-order valence-corrected chi connectivity index (χ0v) is 14.3. The van der Waals surface area contributed by atoms with Gasteiger partial charge in [0.05, 0.1) is 0 Å². The van der Waals surface area contributed by atoms with Crippen LogP contribution in [0, 0.1) is 5.41 Å². The van der Waals surface area contributed by atoms with E-state index in [1.54, 1.807) is 0 Å². The average molecular weight is 280 g/mol. The molecule has 0 amide bonds. The van der Waals surface area contributed by atoms with Crippen LogP contribution in [0.25, 0.3) is 0 Å². The van der Waals surface area contributed by atoms with E-state index in [4.69, 9.17) is 0 Å². The van der Waals surface area contributed by atoms with E-state index in [-0.39, 0.29) is 0 Å². The van der Waals surface area contributed by atoms with Gasteiger partial charge in [0.2, 0.25) is 0 Å². The summed E-state index contributed by atoms with van der Waals surface area (Å²) < 4.78 is 0. The van der Waals surface area contributed by atoms with Crippen LogP contribution in [0.4, 0.5) is 0 Å². The van der Waals surface area contributed by atoms with Crippen LogP contribution in [0.5, 0.6) is 0 Å². The fourth-order valence-electron chi connectivity index (χ4n) is 3.96. The Labute approximate surface area is 126 Å². The number of hydrogen-bond donors (Lipinski definition) is 1. The number of nitrogens with one attached hydrogen (secondary N) is 1. The van der Waals surface area contributed by atoms with Crippen molar-refractivity contribution >= 4 is 0 Å². The summed E-state index contributed by atoms with van der Waals surface area (Å²) >= 11 is 0. The van der Waals surface area contributed by atoms with Gasteiger partial charge < -0.3 is 5.32 Å². The van der Waals surface area contributed by atoms with Crippen molar-refractivity contribution in [1.82, 2.24) is 10.2 Å². The molecule has 2 fully saturated rings. The van der Waals surface area contributed by atoms with E-state index in [2.05, 4.69) is 37.9 Å². The van der Waals surface area contributed by atoms with E-state index < -0.39 is 0 Å². The predicted octanol–water partition coefficient (Wildman–Crippen LogP) is 4.20. The Morgan fingerprint density at radius 3 is 2.45 bits per heavy atom. The highest BCUT2D eigenvalue weighted by atomic mass is 15.3. The van der Waals surface area contributed by atoms with Crippen molar-refractivity contribution in [2.75, 3.05) is 19.6 Å². The summed E-state index contributed by atoms with van der Waals surface area (Å²) in [6.45, 7) is 13.3. The van der Waals surface area contributed by atoms with Crippen molar-refractivity contribution in [2.45, 2.75) is 90.6 Å². The van der Waals surface area contributed by atoms with Crippen LogP contribution in [0.15, 0.2) is 0 Å². The Kier molecular flexibility index (Phi) is 5.53. The van der Waals surface area contributed by atoms with Gasteiger partial charge in [-0.05, 0) is 37.6 Å². The van der Waals surface area contributed by atoms with Gasteiger partial charge in [-0.25, -0.2) is 0 Å². The molecule has 1 saturated heterocycles. The zero-order chi connectivity index (χ0) is 14.6. The number of nitrogens with zero attached hydrogens (tertiary/aromatic N) is 1. The van der Waals surface area contributed by atoms with Gasteiger partial charge in [0.15, 0.2) is 0 Å². The predicted molar refractivity (Wildman–Crippen MR) is 88.2 cm³/mol. The molecule has 1 unspecified atom stereocenters. The highest BCUT2D eigenvalue weighted by molar-refractivity contribution is 4.99. The molecule has 0 radical (unpaired) electrons. The minimum absolute atomic E-state index is 0.459.